The smallest absolute Gasteiger partial charge is 0.406 e. The molecule has 0 spiro atoms. The minimum Gasteiger partial charge on any atom is -0.453 e. The Kier molecular flexibility index (Phi) is 11.1. The lowest BCUT2D eigenvalue weighted by atomic mass is 9.72. The Morgan fingerprint density at radius 1 is 1.07 bits per heavy atom. The summed E-state index contributed by atoms with van der Waals surface area (Å²) in [6.07, 6.45) is 2.81. The third-order valence-electron chi connectivity index (χ3n) is 8.54. The fourth-order valence-corrected chi connectivity index (χ4v) is 6.62. The number of piperidine rings is 1. The molecule has 2 atom stereocenters. The highest BCUT2D eigenvalue weighted by atomic mass is 35.5. The standard InChI is InChI=1S/C36H46ClN3O4/c1-6-26-11-7-12-29(23-26)33-31(14-8-15-32(33)37)36(43,20-10-21-38-35(42)44-5)30-13-9-22-39(24-30)34(41)28-18-16-27(17-19-28)25-40(2,3)4/h7-8,11-12,14-19,23,30,43H,6,9-10,13,20-22,24-25H2,1-5H3/p+1. The van der Waals surface area contributed by atoms with E-state index in [-0.39, 0.29) is 11.8 Å². The van der Waals surface area contributed by atoms with Gasteiger partial charge < -0.3 is 24.5 Å². The van der Waals surface area contributed by atoms with Gasteiger partial charge in [0.15, 0.2) is 0 Å². The number of nitrogens with zero attached hydrogens (tertiary/aromatic N) is 2. The maximum absolute atomic E-state index is 13.7. The molecule has 8 heteroatoms. The molecule has 0 bridgehead atoms. The van der Waals surface area contributed by atoms with Crippen molar-refractivity contribution >= 4 is 23.6 Å². The highest BCUT2D eigenvalue weighted by molar-refractivity contribution is 6.33. The average Bonchev–Trinajstić information content (AvgIpc) is 3.02. The molecule has 2 unspecified atom stereocenters. The van der Waals surface area contributed by atoms with E-state index in [1.165, 1.54) is 18.2 Å². The number of carbonyl (C=O) groups is 2. The van der Waals surface area contributed by atoms with E-state index >= 15 is 0 Å². The number of halogens is 1. The molecule has 1 saturated heterocycles. The normalized spacial score (nSPS) is 16.7. The molecule has 1 aliphatic heterocycles. The molecule has 1 fully saturated rings. The molecule has 236 valence electrons. The van der Waals surface area contributed by atoms with Crippen molar-refractivity contribution in [2.75, 3.05) is 47.9 Å². The SMILES string of the molecule is CCc1cccc(-c2c(Cl)cccc2C(O)(CCCNC(=O)OC)C2CCCN(C(=O)c3ccc(C[N+](C)(C)C)cc3)C2)c1. The van der Waals surface area contributed by atoms with E-state index in [4.69, 9.17) is 16.3 Å². The van der Waals surface area contributed by atoms with E-state index in [0.29, 0.717) is 43.1 Å². The highest BCUT2D eigenvalue weighted by Gasteiger charge is 2.43. The monoisotopic (exact) mass is 620 g/mol. The number of aryl methyl sites for hydroxylation is 1. The molecular weight excluding hydrogens is 574 g/mol. The second-order valence-corrected chi connectivity index (χ2v) is 13.3. The maximum Gasteiger partial charge on any atom is 0.406 e. The van der Waals surface area contributed by atoms with Crippen LogP contribution in [0.4, 0.5) is 4.79 Å². The predicted octanol–water partition coefficient (Wildman–Crippen LogP) is 6.65. The van der Waals surface area contributed by atoms with Gasteiger partial charge in [-0.2, -0.15) is 0 Å². The first-order valence-corrected chi connectivity index (χ1v) is 15.9. The quantitative estimate of drug-likeness (QED) is 0.186. The van der Waals surface area contributed by atoms with Crippen LogP contribution in [0.3, 0.4) is 0 Å². The lowest BCUT2D eigenvalue weighted by Crippen LogP contribution is -2.48. The summed E-state index contributed by atoms with van der Waals surface area (Å²) in [5.41, 5.74) is 4.23. The summed E-state index contributed by atoms with van der Waals surface area (Å²) >= 11 is 6.89. The molecule has 4 rings (SSSR count). The van der Waals surface area contributed by atoms with Crippen LogP contribution in [0, 0.1) is 5.92 Å². The summed E-state index contributed by atoms with van der Waals surface area (Å²) in [6.45, 7) is 4.40. The number of aliphatic hydroxyl groups is 1. The minimum absolute atomic E-state index is 0.0248. The number of nitrogens with one attached hydrogen (secondary N) is 1. The second-order valence-electron chi connectivity index (χ2n) is 12.9. The van der Waals surface area contributed by atoms with Gasteiger partial charge in [-0.3, -0.25) is 4.79 Å². The zero-order valence-electron chi connectivity index (χ0n) is 26.7. The third kappa shape index (κ3) is 8.20. The fraction of sp³-hybridized carbons (Fsp3) is 0.444. The Labute approximate surface area is 267 Å². The number of hydrogen-bond acceptors (Lipinski definition) is 4. The fourth-order valence-electron chi connectivity index (χ4n) is 6.34. The lowest BCUT2D eigenvalue weighted by Gasteiger charge is -2.44. The first-order chi connectivity index (χ1) is 20.9. The van der Waals surface area contributed by atoms with Gasteiger partial charge in [0.1, 0.15) is 6.54 Å². The molecule has 7 nitrogen and oxygen atoms in total. The van der Waals surface area contributed by atoms with E-state index in [2.05, 4.69) is 45.5 Å². The average molecular weight is 621 g/mol. The number of rotatable bonds is 11. The van der Waals surface area contributed by atoms with Crippen LogP contribution < -0.4 is 5.32 Å². The number of benzene rings is 3. The predicted molar refractivity (Wildman–Crippen MR) is 177 cm³/mol. The van der Waals surface area contributed by atoms with Gasteiger partial charge >= 0.3 is 6.09 Å². The second kappa shape index (κ2) is 14.6. The summed E-state index contributed by atoms with van der Waals surface area (Å²) in [4.78, 5) is 27.4. The summed E-state index contributed by atoms with van der Waals surface area (Å²) in [7, 11) is 7.77. The first-order valence-electron chi connectivity index (χ1n) is 15.6. The van der Waals surface area contributed by atoms with E-state index in [1.807, 2.05) is 59.5 Å². The number of carbonyl (C=O) groups excluding carboxylic acids is 2. The third-order valence-corrected chi connectivity index (χ3v) is 8.85. The molecule has 0 saturated carbocycles. The first kappa shape index (κ1) is 33.5. The Morgan fingerprint density at radius 3 is 2.48 bits per heavy atom. The molecular formula is C36H47ClN3O4+. The van der Waals surface area contributed by atoms with Gasteiger partial charge in [0.25, 0.3) is 5.91 Å². The molecule has 2 amide bonds. The van der Waals surface area contributed by atoms with Crippen molar-refractivity contribution in [1.29, 1.82) is 0 Å². The van der Waals surface area contributed by atoms with Crippen LogP contribution in [0.1, 0.15) is 59.7 Å². The van der Waals surface area contributed by atoms with Crippen LogP contribution in [0.15, 0.2) is 66.7 Å². The molecule has 1 aliphatic rings. The Hall–Kier alpha value is -3.39. The Morgan fingerprint density at radius 2 is 1.80 bits per heavy atom. The number of hydrogen-bond donors (Lipinski definition) is 2. The van der Waals surface area contributed by atoms with E-state index in [0.717, 1.165) is 47.0 Å². The van der Waals surface area contributed by atoms with Gasteiger partial charge in [-0.05, 0) is 67.0 Å². The number of ether oxygens (including phenoxy) is 1. The molecule has 1 heterocycles. The van der Waals surface area contributed by atoms with Crippen molar-refractivity contribution in [2.24, 2.45) is 5.92 Å². The largest absolute Gasteiger partial charge is 0.453 e. The van der Waals surface area contributed by atoms with Crippen LogP contribution in [-0.4, -0.2) is 74.4 Å². The van der Waals surface area contributed by atoms with Crippen molar-refractivity contribution < 1.29 is 23.9 Å². The van der Waals surface area contributed by atoms with Gasteiger partial charge in [-0.1, -0.05) is 67.1 Å². The lowest BCUT2D eigenvalue weighted by molar-refractivity contribution is -0.884. The van der Waals surface area contributed by atoms with E-state index in [1.54, 1.807) is 0 Å². The van der Waals surface area contributed by atoms with Crippen molar-refractivity contribution in [3.05, 3.63) is 94.0 Å². The zero-order valence-corrected chi connectivity index (χ0v) is 27.5. The van der Waals surface area contributed by atoms with Crippen LogP contribution >= 0.6 is 11.6 Å². The van der Waals surface area contributed by atoms with Gasteiger partial charge in [0.05, 0.1) is 33.9 Å². The van der Waals surface area contributed by atoms with Crippen LogP contribution in [0.2, 0.25) is 5.02 Å². The van der Waals surface area contributed by atoms with Crippen LogP contribution in [0.25, 0.3) is 11.1 Å². The number of methoxy groups -OCH3 is 1. The number of likely N-dealkylation sites (tertiary alicyclic amines) is 1. The van der Waals surface area contributed by atoms with Crippen LogP contribution in [-0.2, 0) is 23.3 Å². The van der Waals surface area contributed by atoms with Gasteiger partial charge in [0.2, 0.25) is 0 Å². The molecule has 2 N–H and O–H groups in total. The molecule has 3 aromatic carbocycles. The Bertz CT molecular complexity index is 1440. The summed E-state index contributed by atoms with van der Waals surface area (Å²) < 4.78 is 5.54. The number of alkyl carbamates (subject to hydrolysis) is 1. The zero-order chi connectivity index (χ0) is 31.9. The summed E-state index contributed by atoms with van der Waals surface area (Å²) in [6, 6.07) is 21.9. The van der Waals surface area contributed by atoms with E-state index in [9.17, 15) is 14.7 Å². The van der Waals surface area contributed by atoms with Crippen molar-refractivity contribution in [2.45, 2.75) is 51.2 Å². The highest BCUT2D eigenvalue weighted by Crippen LogP contribution is 2.45. The van der Waals surface area contributed by atoms with Crippen molar-refractivity contribution in [1.82, 2.24) is 10.2 Å². The number of quaternary nitrogens is 1. The number of amides is 2. The molecule has 3 aromatic rings. The summed E-state index contributed by atoms with van der Waals surface area (Å²) in [5.74, 6) is -0.259. The van der Waals surface area contributed by atoms with Gasteiger partial charge in [0, 0.05) is 47.3 Å². The molecule has 0 aliphatic carbocycles. The topological polar surface area (TPSA) is 78.9 Å². The minimum atomic E-state index is -1.30. The van der Waals surface area contributed by atoms with Crippen LogP contribution in [0.5, 0.6) is 0 Å². The molecule has 0 aromatic heterocycles. The van der Waals surface area contributed by atoms with Gasteiger partial charge in [-0.15, -0.1) is 0 Å². The molecule has 44 heavy (non-hydrogen) atoms. The van der Waals surface area contributed by atoms with E-state index < -0.39 is 11.7 Å². The maximum atomic E-state index is 13.7. The van der Waals surface area contributed by atoms with Gasteiger partial charge in [-0.25, -0.2) is 4.79 Å². The summed E-state index contributed by atoms with van der Waals surface area (Å²) in [5, 5.41) is 16.1. The molecule has 0 radical (unpaired) electrons. The van der Waals surface area contributed by atoms with Crippen molar-refractivity contribution in [3.8, 4) is 11.1 Å². The van der Waals surface area contributed by atoms with Crippen molar-refractivity contribution in [3.63, 3.8) is 0 Å². The Balaban J connectivity index is 1.67.